The first kappa shape index (κ1) is 39.0. The average molecular weight is 663 g/mol. The Labute approximate surface area is 288 Å². The minimum atomic E-state index is -0.766. The van der Waals surface area contributed by atoms with Crippen LogP contribution in [0.2, 0.25) is 0 Å². The minimum absolute atomic E-state index is 0.0507. The van der Waals surface area contributed by atoms with Crippen molar-refractivity contribution in [3.63, 3.8) is 0 Å². The summed E-state index contributed by atoms with van der Waals surface area (Å²) >= 11 is 0. The third-order valence-corrected chi connectivity index (χ3v) is 9.11. The molecule has 3 aliphatic rings. The number of nitrogens with one attached hydrogen (secondary N) is 2. The van der Waals surface area contributed by atoms with Gasteiger partial charge in [-0.25, -0.2) is 9.18 Å². The molecule has 5 N–H and O–H groups in total. The van der Waals surface area contributed by atoms with Crippen LogP contribution in [0, 0.1) is 11.8 Å². The molecule has 264 valence electrons. The Kier molecular flexibility index (Phi) is 17.0. The van der Waals surface area contributed by atoms with Gasteiger partial charge in [0.05, 0.1) is 18.3 Å². The number of urea groups is 1. The Bertz CT molecular complexity index is 1330. The van der Waals surface area contributed by atoms with Crippen LogP contribution < -0.4 is 16.4 Å². The van der Waals surface area contributed by atoms with Crippen molar-refractivity contribution >= 4 is 18.0 Å². The first-order valence-corrected chi connectivity index (χ1v) is 17.9. The predicted octanol–water partition coefficient (Wildman–Crippen LogP) is 7.58. The van der Waals surface area contributed by atoms with Crippen molar-refractivity contribution in [1.82, 2.24) is 15.5 Å². The molecule has 0 spiro atoms. The molecule has 8 nitrogen and oxygen atoms in total. The summed E-state index contributed by atoms with van der Waals surface area (Å²) in [5.41, 5.74) is 11.8. The number of nitrogens with two attached hydrogens (primary N) is 1. The fraction of sp³-hybridized carbons (Fsp3) is 0.564. The standard InChI is InChI=1S/C39H59FN6O2/c1-6-11-34(26-31-14-15-31)37(45-35(7-2)19-23-47)25-28(3)30(5)44-38(41)46(22-18-32-16-17-36(40)29(4)24-32)39(48)43-21-20-42-27-33-12-9-8-10-13-33/h8-12,17,20,24-25,27,30-32,35,38,44,47H,6-7,13-16,18-19,21-23,26,41H2,1-5H3,(H,43,48)/b28-25-,33-27-,34-11-,42-20-,45-37?. The highest BCUT2D eigenvalue weighted by atomic mass is 19.1. The summed E-state index contributed by atoms with van der Waals surface area (Å²) in [5.74, 6) is 0.660. The summed E-state index contributed by atoms with van der Waals surface area (Å²) in [4.78, 5) is 24.6. The van der Waals surface area contributed by atoms with Crippen LogP contribution in [-0.4, -0.2) is 66.0 Å². The van der Waals surface area contributed by atoms with Gasteiger partial charge in [0.15, 0.2) is 0 Å². The Balaban J connectivity index is 1.74. The molecule has 48 heavy (non-hydrogen) atoms. The number of rotatable bonds is 19. The van der Waals surface area contributed by atoms with Gasteiger partial charge in [-0.1, -0.05) is 55.9 Å². The fourth-order valence-electron chi connectivity index (χ4n) is 5.76. The number of halogens is 1. The topological polar surface area (TPSA) is 115 Å². The van der Waals surface area contributed by atoms with Crippen molar-refractivity contribution in [2.45, 2.75) is 111 Å². The minimum Gasteiger partial charge on any atom is -0.396 e. The van der Waals surface area contributed by atoms with Crippen LogP contribution in [0.3, 0.4) is 0 Å². The molecule has 0 aliphatic heterocycles. The van der Waals surface area contributed by atoms with Gasteiger partial charge in [0.1, 0.15) is 12.1 Å². The molecule has 0 aromatic rings. The van der Waals surface area contributed by atoms with Crippen molar-refractivity contribution in [3.8, 4) is 0 Å². The second kappa shape index (κ2) is 20.9. The zero-order valence-electron chi connectivity index (χ0n) is 29.8. The number of carbonyl (C=O) groups is 1. The van der Waals surface area contributed by atoms with Crippen LogP contribution >= 0.6 is 0 Å². The lowest BCUT2D eigenvalue weighted by Gasteiger charge is -2.33. The van der Waals surface area contributed by atoms with E-state index in [4.69, 9.17) is 10.7 Å². The van der Waals surface area contributed by atoms with E-state index in [1.807, 2.05) is 31.2 Å². The highest BCUT2D eigenvalue weighted by molar-refractivity contribution is 6.09. The molecule has 0 aromatic carbocycles. The molecule has 4 unspecified atom stereocenters. The summed E-state index contributed by atoms with van der Waals surface area (Å²) in [6.45, 7) is 10.9. The molecule has 0 bridgehead atoms. The highest BCUT2D eigenvalue weighted by Crippen LogP contribution is 2.36. The number of aliphatic hydroxyl groups excluding tert-OH is 1. The number of hydrogen-bond acceptors (Lipinski definition) is 6. The average Bonchev–Trinajstić information content (AvgIpc) is 3.90. The van der Waals surface area contributed by atoms with Gasteiger partial charge >= 0.3 is 6.03 Å². The lowest BCUT2D eigenvalue weighted by molar-refractivity contribution is 0.156. The van der Waals surface area contributed by atoms with Gasteiger partial charge in [0.25, 0.3) is 0 Å². The van der Waals surface area contributed by atoms with E-state index in [1.165, 1.54) is 18.4 Å². The molecule has 3 rings (SSSR count). The molecule has 1 saturated carbocycles. The molecular weight excluding hydrogens is 603 g/mol. The first-order chi connectivity index (χ1) is 23.1. The smallest absolute Gasteiger partial charge is 0.319 e. The van der Waals surface area contributed by atoms with Gasteiger partial charge in [0.2, 0.25) is 0 Å². The number of allylic oxidation sites excluding steroid dienone is 12. The summed E-state index contributed by atoms with van der Waals surface area (Å²) < 4.78 is 14.0. The second-order valence-electron chi connectivity index (χ2n) is 13.2. The molecule has 4 atom stereocenters. The molecule has 0 saturated heterocycles. The monoisotopic (exact) mass is 662 g/mol. The predicted molar refractivity (Wildman–Crippen MR) is 199 cm³/mol. The molecule has 3 aliphatic carbocycles. The summed E-state index contributed by atoms with van der Waals surface area (Å²) in [7, 11) is 0. The van der Waals surface area contributed by atoms with Gasteiger partial charge in [0, 0.05) is 31.6 Å². The molecule has 0 radical (unpaired) electrons. The van der Waals surface area contributed by atoms with E-state index in [-0.39, 0.29) is 43.0 Å². The molecule has 0 aromatic heterocycles. The van der Waals surface area contributed by atoms with Crippen molar-refractivity contribution in [2.24, 2.45) is 27.6 Å². The zero-order valence-corrected chi connectivity index (χ0v) is 29.8. The van der Waals surface area contributed by atoms with Crippen molar-refractivity contribution in [3.05, 3.63) is 82.9 Å². The van der Waals surface area contributed by atoms with E-state index >= 15 is 0 Å². The van der Waals surface area contributed by atoms with E-state index in [1.54, 1.807) is 30.3 Å². The number of nitrogens with zero attached hydrogens (tertiary/aromatic N) is 3. The maximum atomic E-state index is 14.0. The van der Waals surface area contributed by atoms with Gasteiger partial charge in [-0.2, -0.15) is 0 Å². The molecule has 0 heterocycles. The highest BCUT2D eigenvalue weighted by Gasteiger charge is 2.26. The third kappa shape index (κ3) is 13.6. The zero-order chi connectivity index (χ0) is 34.9. The number of carbonyl (C=O) groups excluding carboxylic acids is 1. The van der Waals surface area contributed by atoms with E-state index in [9.17, 15) is 14.3 Å². The van der Waals surface area contributed by atoms with Crippen LogP contribution in [0.1, 0.15) is 92.4 Å². The summed E-state index contributed by atoms with van der Waals surface area (Å²) in [6.07, 6.45) is 26.8. The van der Waals surface area contributed by atoms with Crippen LogP contribution in [0.15, 0.2) is 92.9 Å². The lowest BCUT2D eigenvalue weighted by atomic mass is 9.93. The number of aliphatic hydroxyl groups is 1. The Hall–Kier alpha value is -3.40. The van der Waals surface area contributed by atoms with Gasteiger partial charge in [-0.3, -0.25) is 25.9 Å². The van der Waals surface area contributed by atoms with Crippen LogP contribution in [-0.2, 0) is 0 Å². The van der Waals surface area contributed by atoms with Gasteiger partial charge < -0.3 is 10.4 Å². The van der Waals surface area contributed by atoms with Crippen LogP contribution in [0.5, 0.6) is 0 Å². The van der Waals surface area contributed by atoms with E-state index in [0.717, 1.165) is 42.5 Å². The van der Waals surface area contributed by atoms with Crippen LogP contribution in [0.4, 0.5) is 9.18 Å². The molecule has 1 fully saturated rings. The van der Waals surface area contributed by atoms with Gasteiger partial charge in [-0.05, 0) is 119 Å². The number of aliphatic imine (C=N–C) groups is 2. The van der Waals surface area contributed by atoms with Gasteiger partial charge in [-0.15, -0.1) is 0 Å². The first-order valence-electron chi connectivity index (χ1n) is 17.9. The Morgan fingerprint density at radius 1 is 1.27 bits per heavy atom. The largest absolute Gasteiger partial charge is 0.396 e. The lowest BCUT2D eigenvalue weighted by Crippen LogP contribution is -2.59. The van der Waals surface area contributed by atoms with Crippen molar-refractivity contribution < 1.29 is 14.3 Å². The maximum absolute atomic E-state index is 14.0. The Morgan fingerprint density at radius 3 is 2.71 bits per heavy atom. The van der Waals surface area contributed by atoms with Crippen molar-refractivity contribution in [1.29, 1.82) is 0 Å². The Morgan fingerprint density at radius 2 is 2.06 bits per heavy atom. The van der Waals surface area contributed by atoms with Crippen molar-refractivity contribution in [2.75, 3.05) is 19.7 Å². The maximum Gasteiger partial charge on any atom is 0.319 e. The van der Waals surface area contributed by atoms with E-state index < -0.39 is 6.29 Å². The summed E-state index contributed by atoms with van der Waals surface area (Å²) in [5, 5.41) is 16.0. The molecule has 9 heteroatoms. The van der Waals surface area contributed by atoms with E-state index in [0.29, 0.717) is 37.3 Å². The fourth-order valence-corrected chi connectivity index (χ4v) is 5.76. The van der Waals surface area contributed by atoms with Crippen LogP contribution in [0.25, 0.3) is 0 Å². The molecular formula is C39H59FN6O2. The summed E-state index contributed by atoms with van der Waals surface area (Å²) in [6, 6.07) is -0.395. The van der Waals surface area contributed by atoms with E-state index in [2.05, 4.69) is 54.6 Å². The number of amides is 2. The quantitative estimate of drug-likeness (QED) is 0.0843. The normalized spacial score (nSPS) is 21.7. The third-order valence-electron chi connectivity index (χ3n) is 9.11. The second-order valence-corrected chi connectivity index (χ2v) is 13.2. The SMILES string of the molecule is CC/C=C(/CC1CC1)C(/C=C(/C)C(C)NC(N)N(CCC1C=C(C)C(F)=CC1)C(=O)NC/C=N\C=C1\C=CC=CC1)=NC(CC)CCO. The number of hydrogen-bond donors (Lipinski definition) is 4. The molecule has 2 amide bonds.